The summed E-state index contributed by atoms with van der Waals surface area (Å²) in [7, 11) is 0. The second-order valence-electron chi connectivity index (χ2n) is 2.52. The van der Waals surface area contributed by atoms with Crippen molar-refractivity contribution < 1.29 is 9.18 Å². The lowest BCUT2D eigenvalue weighted by Gasteiger charge is -2.00. The van der Waals surface area contributed by atoms with Crippen LogP contribution in [0.5, 0.6) is 0 Å². The number of primary amides is 1. The largest absolute Gasteiger partial charge is 0.366 e. The molecule has 0 aromatic heterocycles. The Morgan fingerprint density at radius 3 is 2.67 bits per heavy atom. The highest BCUT2D eigenvalue weighted by atomic mass is 19.1. The van der Waals surface area contributed by atoms with Gasteiger partial charge in [0, 0.05) is 5.56 Å². The van der Waals surface area contributed by atoms with Gasteiger partial charge < -0.3 is 5.73 Å². The van der Waals surface area contributed by atoms with Crippen LogP contribution >= 0.6 is 0 Å². The summed E-state index contributed by atoms with van der Waals surface area (Å²) in [4.78, 5) is 10.6. The normalized spacial score (nSPS) is 9.83. The van der Waals surface area contributed by atoms with Crippen molar-refractivity contribution in [3.05, 3.63) is 35.1 Å². The molecule has 64 valence electrons. The smallest absolute Gasteiger partial charge is 0.248 e. The molecule has 12 heavy (non-hydrogen) atoms. The average Bonchev–Trinajstić information content (AvgIpc) is 2.04. The van der Waals surface area contributed by atoms with E-state index in [9.17, 15) is 9.18 Å². The van der Waals surface area contributed by atoms with Gasteiger partial charge in [-0.15, -0.1) is 0 Å². The molecule has 0 spiro atoms. The quantitative estimate of drug-likeness (QED) is 0.712. The minimum absolute atomic E-state index is 0.213. The zero-order valence-corrected chi connectivity index (χ0v) is 6.80. The summed E-state index contributed by atoms with van der Waals surface area (Å²) in [5.41, 5.74) is 5.78. The number of halogens is 1. The van der Waals surface area contributed by atoms with Gasteiger partial charge in [-0.05, 0) is 24.1 Å². The number of rotatable bonds is 2. The molecule has 0 heterocycles. The lowest BCUT2D eigenvalue weighted by atomic mass is 10.1. The topological polar surface area (TPSA) is 43.1 Å². The molecular weight excluding hydrogens is 157 g/mol. The summed E-state index contributed by atoms with van der Waals surface area (Å²) in [5.74, 6) is -0.967. The average molecular weight is 167 g/mol. The van der Waals surface area contributed by atoms with E-state index in [4.69, 9.17) is 5.73 Å². The van der Waals surface area contributed by atoms with Crippen LogP contribution in [0.15, 0.2) is 18.2 Å². The Morgan fingerprint density at radius 2 is 2.25 bits per heavy atom. The number of nitrogens with two attached hydrogens (primary N) is 1. The van der Waals surface area contributed by atoms with Gasteiger partial charge in [0.1, 0.15) is 5.82 Å². The zero-order valence-electron chi connectivity index (χ0n) is 6.80. The first-order valence-electron chi connectivity index (χ1n) is 3.73. The summed E-state index contributed by atoms with van der Waals surface area (Å²) in [6.07, 6.45) is 0.616. The van der Waals surface area contributed by atoms with Crippen LogP contribution in [0.3, 0.4) is 0 Å². The predicted molar refractivity (Wildman–Crippen MR) is 44.3 cm³/mol. The maximum Gasteiger partial charge on any atom is 0.248 e. The molecule has 1 rings (SSSR count). The lowest BCUT2D eigenvalue weighted by molar-refractivity contribution is 0.1000. The zero-order chi connectivity index (χ0) is 9.14. The van der Waals surface area contributed by atoms with Crippen LogP contribution < -0.4 is 5.73 Å². The molecule has 0 saturated carbocycles. The van der Waals surface area contributed by atoms with Crippen molar-refractivity contribution in [2.24, 2.45) is 5.73 Å². The van der Waals surface area contributed by atoms with Gasteiger partial charge in [-0.25, -0.2) is 4.39 Å². The second kappa shape index (κ2) is 3.34. The van der Waals surface area contributed by atoms with Gasteiger partial charge in [-0.3, -0.25) is 4.79 Å². The van der Waals surface area contributed by atoms with Gasteiger partial charge >= 0.3 is 0 Å². The van der Waals surface area contributed by atoms with Gasteiger partial charge in [0.05, 0.1) is 0 Å². The standard InChI is InChI=1S/C9H10FNO/c1-2-6-3-4-7(9(11)12)5-8(6)10/h3-5H,2H2,1H3,(H2,11,12). The molecule has 0 saturated heterocycles. The molecule has 0 unspecified atom stereocenters. The summed E-state index contributed by atoms with van der Waals surface area (Å²) in [5, 5.41) is 0. The molecule has 2 nitrogen and oxygen atoms in total. The Kier molecular flexibility index (Phi) is 2.43. The fraction of sp³-hybridized carbons (Fsp3) is 0.222. The fourth-order valence-electron chi connectivity index (χ4n) is 0.987. The van der Waals surface area contributed by atoms with Crippen LogP contribution in [0.1, 0.15) is 22.8 Å². The maximum absolute atomic E-state index is 13.0. The van der Waals surface area contributed by atoms with Crippen LogP contribution in [0.2, 0.25) is 0 Å². The number of hydrogen-bond donors (Lipinski definition) is 1. The predicted octanol–water partition coefficient (Wildman–Crippen LogP) is 1.49. The number of benzene rings is 1. The van der Waals surface area contributed by atoms with Crippen molar-refractivity contribution in [1.29, 1.82) is 0 Å². The van der Waals surface area contributed by atoms with Gasteiger partial charge in [0.25, 0.3) is 0 Å². The molecule has 0 bridgehead atoms. The van der Waals surface area contributed by atoms with E-state index in [1.165, 1.54) is 12.1 Å². The van der Waals surface area contributed by atoms with E-state index < -0.39 is 5.91 Å². The van der Waals surface area contributed by atoms with Crippen LogP contribution in [0.4, 0.5) is 4.39 Å². The molecule has 2 N–H and O–H groups in total. The van der Waals surface area contributed by atoms with Crippen LogP contribution in [-0.2, 0) is 6.42 Å². The number of hydrogen-bond acceptors (Lipinski definition) is 1. The van der Waals surface area contributed by atoms with Crippen molar-refractivity contribution in [1.82, 2.24) is 0 Å². The highest BCUT2D eigenvalue weighted by Crippen LogP contribution is 2.10. The van der Waals surface area contributed by atoms with Crippen molar-refractivity contribution in [3.63, 3.8) is 0 Å². The first-order valence-corrected chi connectivity index (χ1v) is 3.73. The maximum atomic E-state index is 13.0. The molecule has 0 aliphatic rings. The van der Waals surface area contributed by atoms with Gasteiger partial charge in [0.15, 0.2) is 0 Å². The molecule has 1 amide bonds. The van der Waals surface area contributed by atoms with Crippen molar-refractivity contribution in [3.8, 4) is 0 Å². The molecule has 0 aliphatic carbocycles. The molecule has 0 atom stereocenters. The van der Waals surface area contributed by atoms with E-state index in [-0.39, 0.29) is 11.4 Å². The Balaban J connectivity index is 3.10. The number of amides is 1. The Hall–Kier alpha value is -1.38. The van der Waals surface area contributed by atoms with Crippen molar-refractivity contribution >= 4 is 5.91 Å². The fourth-order valence-corrected chi connectivity index (χ4v) is 0.987. The third-order valence-corrected chi connectivity index (χ3v) is 1.72. The summed E-state index contributed by atoms with van der Waals surface area (Å²) >= 11 is 0. The third kappa shape index (κ3) is 1.61. The molecule has 3 heteroatoms. The second-order valence-corrected chi connectivity index (χ2v) is 2.52. The van der Waals surface area contributed by atoms with Gasteiger partial charge in [0.2, 0.25) is 5.91 Å². The Bertz CT molecular complexity index is 309. The van der Waals surface area contributed by atoms with E-state index >= 15 is 0 Å². The Morgan fingerprint density at radius 1 is 1.58 bits per heavy atom. The third-order valence-electron chi connectivity index (χ3n) is 1.72. The molecule has 1 aromatic carbocycles. The van der Waals surface area contributed by atoms with Crippen molar-refractivity contribution in [2.45, 2.75) is 13.3 Å². The van der Waals surface area contributed by atoms with Crippen LogP contribution in [-0.4, -0.2) is 5.91 Å². The minimum Gasteiger partial charge on any atom is -0.366 e. The monoisotopic (exact) mass is 167 g/mol. The first kappa shape index (κ1) is 8.71. The van der Waals surface area contributed by atoms with E-state index in [0.717, 1.165) is 0 Å². The van der Waals surface area contributed by atoms with E-state index in [1.54, 1.807) is 6.07 Å². The van der Waals surface area contributed by atoms with E-state index in [1.807, 2.05) is 6.92 Å². The highest BCUT2D eigenvalue weighted by Gasteiger charge is 2.04. The molecular formula is C9H10FNO. The van der Waals surface area contributed by atoms with Crippen LogP contribution in [0, 0.1) is 5.82 Å². The Labute approximate surface area is 70.2 Å². The number of carbonyl (C=O) groups is 1. The molecule has 1 aromatic rings. The SMILES string of the molecule is CCc1ccc(C(N)=O)cc1F. The van der Waals surface area contributed by atoms with E-state index in [0.29, 0.717) is 12.0 Å². The molecule has 0 radical (unpaired) electrons. The number of carbonyl (C=O) groups excluding carboxylic acids is 1. The summed E-state index contributed by atoms with van der Waals surface area (Å²) < 4.78 is 13.0. The van der Waals surface area contributed by atoms with Crippen LogP contribution in [0.25, 0.3) is 0 Å². The molecule has 0 fully saturated rings. The summed E-state index contributed by atoms with van der Waals surface area (Å²) in [6.45, 7) is 1.85. The van der Waals surface area contributed by atoms with Crippen molar-refractivity contribution in [2.75, 3.05) is 0 Å². The van der Waals surface area contributed by atoms with Gasteiger partial charge in [-0.2, -0.15) is 0 Å². The lowest BCUT2D eigenvalue weighted by Crippen LogP contribution is -2.11. The summed E-state index contributed by atoms with van der Waals surface area (Å²) in [6, 6.07) is 4.28. The van der Waals surface area contributed by atoms with Gasteiger partial charge in [-0.1, -0.05) is 13.0 Å². The van der Waals surface area contributed by atoms with E-state index in [2.05, 4.69) is 0 Å². The first-order chi connectivity index (χ1) is 5.65. The highest BCUT2D eigenvalue weighted by molar-refractivity contribution is 5.92. The number of aryl methyl sites for hydroxylation is 1. The molecule has 0 aliphatic heterocycles. The minimum atomic E-state index is -0.600.